The van der Waals surface area contributed by atoms with Crippen LogP contribution in [0.4, 0.5) is 0 Å². The average Bonchev–Trinajstić information content (AvgIpc) is 3.22. The second kappa shape index (κ2) is 11.5. The largest absolute Gasteiger partial charge is 0.493 e. The van der Waals surface area contributed by atoms with Gasteiger partial charge in [0, 0.05) is 12.0 Å². The van der Waals surface area contributed by atoms with E-state index < -0.39 is 5.41 Å². The lowest BCUT2D eigenvalue weighted by Gasteiger charge is -2.34. The molecule has 0 fully saturated rings. The highest BCUT2D eigenvalue weighted by atomic mass is 16.5. The van der Waals surface area contributed by atoms with E-state index in [0.29, 0.717) is 13.2 Å². The molecular weight excluding hydrogens is 432 g/mol. The Bertz CT molecular complexity index is 1020. The Morgan fingerprint density at radius 3 is 2.31 bits per heavy atom. The van der Waals surface area contributed by atoms with Gasteiger partial charge in [0.2, 0.25) is 0 Å². The Labute approximate surface area is 212 Å². The van der Waals surface area contributed by atoms with Crippen LogP contribution in [0, 0.1) is 23.7 Å². The van der Waals surface area contributed by atoms with Gasteiger partial charge in [-0.2, -0.15) is 0 Å². The molecule has 0 bridgehead atoms. The SMILES string of the molecule is Cc1ccc(C2=Cc3cccc(OCCCCCOC(=O)C(C)(C)C(C)CC(C)(C)C)c3C2)cc1. The van der Waals surface area contributed by atoms with Gasteiger partial charge < -0.3 is 9.47 Å². The van der Waals surface area contributed by atoms with Crippen LogP contribution in [-0.2, 0) is 16.0 Å². The lowest BCUT2D eigenvalue weighted by molar-refractivity contribution is -0.157. The molecule has 1 unspecified atom stereocenters. The van der Waals surface area contributed by atoms with Gasteiger partial charge in [0.1, 0.15) is 5.75 Å². The molecule has 0 saturated carbocycles. The lowest BCUT2D eigenvalue weighted by Crippen LogP contribution is -2.35. The third kappa shape index (κ3) is 7.46. The van der Waals surface area contributed by atoms with Crippen molar-refractivity contribution in [2.75, 3.05) is 13.2 Å². The van der Waals surface area contributed by atoms with Crippen LogP contribution in [0.15, 0.2) is 42.5 Å². The summed E-state index contributed by atoms with van der Waals surface area (Å²) in [5, 5.41) is 0. The number of aryl methyl sites for hydroxylation is 1. The molecule has 0 saturated heterocycles. The Hall–Kier alpha value is -2.55. The van der Waals surface area contributed by atoms with Crippen LogP contribution in [0.5, 0.6) is 5.75 Å². The number of allylic oxidation sites excluding steroid dienone is 1. The molecule has 0 spiro atoms. The molecule has 1 aliphatic rings. The van der Waals surface area contributed by atoms with E-state index in [4.69, 9.17) is 9.47 Å². The minimum absolute atomic E-state index is 0.0813. The molecule has 35 heavy (non-hydrogen) atoms. The number of unbranched alkanes of at least 4 members (excludes halogenated alkanes) is 2. The van der Waals surface area contributed by atoms with Crippen molar-refractivity contribution < 1.29 is 14.3 Å². The van der Waals surface area contributed by atoms with Gasteiger partial charge in [-0.15, -0.1) is 0 Å². The van der Waals surface area contributed by atoms with Gasteiger partial charge in [-0.05, 0) is 80.6 Å². The van der Waals surface area contributed by atoms with Crippen LogP contribution in [0.25, 0.3) is 11.6 Å². The predicted octanol–water partition coefficient (Wildman–Crippen LogP) is 8.28. The predicted molar refractivity (Wildman–Crippen MR) is 147 cm³/mol. The number of carbonyl (C=O) groups excluding carboxylic acids is 1. The third-order valence-electron chi connectivity index (χ3n) is 7.24. The van der Waals surface area contributed by atoms with Gasteiger partial charge in [-0.25, -0.2) is 0 Å². The van der Waals surface area contributed by atoms with E-state index in [1.54, 1.807) is 0 Å². The third-order valence-corrected chi connectivity index (χ3v) is 7.24. The smallest absolute Gasteiger partial charge is 0.311 e. The van der Waals surface area contributed by atoms with Crippen LogP contribution in [0.2, 0.25) is 0 Å². The molecule has 3 nitrogen and oxygen atoms in total. The molecule has 1 atom stereocenters. The molecule has 1 aliphatic carbocycles. The molecule has 0 aliphatic heterocycles. The minimum atomic E-state index is -0.463. The first-order valence-electron chi connectivity index (χ1n) is 13.2. The summed E-state index contributed by atoms with van der Waals surface area (Å²) in [7, 11) is 0. The molecule has 0 amide bonds. The second-order valence-corrected chi connectivity index (χ2v) is 12.0. The van der Waals surface area contributed by atoms with Crippen molar-refractivity contribution in [3.8, 4) is 5.75 Å². The second-order valence-electron chi connectivity index (χ2n) is 12.0. The van der Waals surface area contributed by atoms with E-state index >= 15 is 0 Å². The monoisotopic (exact) mass is 476 g/mol. The van der Waals surface area contributed by atoms with Crippen LogP contribution >= 0.6 is 0 Å². The molecule has 3 heteroatoms. The zero-order chi connectivity index (χ0) is 25.6. The fourth-order valence-corrected chi connectivity index (χ4v) is 4.71. The van der Waals surface area contributed by atoms with Crippen molar-refractivity contribution in [2.45, 2.75) is 80.6 Å². The van der Waals surface area contributed by atoms with Gasteiger partial charge in [0.05, 0.1) is 18.6 Å². The summed E-state index contributed by atoms with van der Waals surface area (Å²) < 4.78 is 11.8. The highest BCUT2D eigenvalue weighted by Gasteiger charge is 2.37. The number of hydrogen-bond donors (Lipinski definition) is 0. The van der Waals surface area contributed by atoms with Gasteiger partial charge in [-0.1, -0.05) is 75.7 Å². The molecule has 0 aromatic heterocycles. The maximum Gasteiger partial charge on any atom is 0.311 e. The summed E-state index contributed by atoms with van der Waals surface area (Å²) >= 11 is 0. The number of esters is 1. The fourth-order valence-electron chi connectivity index (χ4n) is 4.71. The first-order valence-corrected chi connectivity index (χ1v) is 13.2. The van der Waals surface area contributed by atoms with Crippen LogP contribution in [0.1, 0.15) is 89.5 Å². The highest BCUT2D eigenvalue weighted by molar-refractivity contribution is 5.89. The van der Waals surface area contributed by atoms with Crippen molar-refractivity contribution >= 4 is 17.6 Å². The molecule has 2 aromatic rings. The van der Waals surface area contributed by atoms with Crippen molar-refractivity contribution in [3.63, 3.8) is 0 Å². The summed E-state index contributed by atoms with van der Waals surface area (Å²) in [5.41, 5.74) is 6.18. The fraction of sp³-hybridized carbons (Fsp3) is 0.531. The van der Waals surface area contributed by atoms with Gasteiger partial charge in [-0.3, -0.25) is 4.79 Å². The number of ether oxygens (including phenoxy) is 2. The van der Waals surface area contributed by atoms with Crippen molar-refractivity contribution in [1.29, 1.82) is 0 Å². The Morgan fingerprint density at radius 1 is 0.943 bits per heavy atom. The summed E-state index contributed by atoms with van der Waals surface area (Å²) in [6, 6.07) is 15.1. The van der Waals surface area contributed by atoms with E-state index in [0.717, 1.165) is 37.9 Å². The maximum absolute atomic E-state index is 12.7. The van der Waals surface area contributed by atoms with Gasteiger partial charge in [0.25, 0.3) is 0 Å². The number of benzene rings is 2. The van der Waals surface area contributed by atoms with E-state index in [1.807, 2.05) is 13.8 Å². The van der Waals surface area contributed by atoms with E-state index in [1.165, 1.54) is 27.8 Å². The van der Waals surface area contributed by atoms with Crippen molar-refractivity contribution in [2.24, 2.45) is 16.7 Å². The van der Waals surface area contributed by atoms with Crippen molar-refractivity contribution in [1.82, 2.24) is 0 Å². The number of rotatable bonds is 11. The number of hydrogen-bond acceptors (Lipinski definition) is 3. The number of carbonyl (C=O) groups is 1. The maximum atomic E-state index is 12.7. The first-order chi connectivity index (χ1) is 16.5. The quantitative estimate of drug-likeness (QED) is 0.242. The molecular formula is C32H44O3. The Kier molecular flexibility index (Phi) is 8.85. The molecule has 0 N–H and O–H groups in total. The first kappa shape index (κ1) is 27.0. The van der Waals surface area contributed by atoms with E-state index in [2.05, 4.69) is 83.2 Å². The number of fused-ring (bicyclic) bond motifs is 1. The van der Waals surface area contributed by atoms with Crippen LogP contribution in [0.3, 0.4) is 0 Å². The van der Waals surface area contributed by atoms with Gasteiger partial charge in [0.15, 0.2) is 0 Å². The van der Waals surface area contributed by atoms with E-state index in [9.17, 15) is 4.79 Å². The zero-order valence-corrected chi connectivity index (χ0v) is 22.9. The summed E-state index contributed by atoms with van der Waals surface area (Å²) in [6.45, 7) is 16.1. The summed E-state index contributed by atoms with van der Waals surface area (Å²) in [4.78, 5) is 12.7. The molecule has 0 radical (unpaired) electrons. The lowest BCUT2D eigenvalue weighted by atomic mass is 9.72. The standard InChI is InChI=1S/C32H44O3/c1-23-14-16-25(17-15-23)27-20-26-12-11-13-29(28(26)21-27)34-18-9-8-10-19-35-30(33)32(6,7)24(2)22-31(3,4)5/h11-17,20,24H,8-10,18-19,21-22H2,1-7H3. The summed E-state index contributed by atoms with van der Waals surface area (Å²) in [6.07, 6.45) is 6.98. The van der Waals surface area contributed by atoms with E-state index in [-0.39, 0.29) is 17.3 Å². The van der Waals surface area contributed by atoms with Crippen LogP contribution < -0.4 is 4.74 Å². The minimum Gasteiger partial charge on any atom is -0.493 e. The van der Waals surface area contributed by atoms with Crippen LogP contribution in [-0.4, -0.2) is 19.2 Å². The van der Waals surface area contributed by atoms with Gasteiger partial charge >= 0.3 is 5.97 Å². The molecule has 0 heterocycles. The highest BCUT2D eigenvalue weighted by Crippen LogP contribution is 2.38. The zero-order valence-electron chi connectivity index (χ0n) is 22.9. The topological polar surface area (TPSA) is 35.5 Å². The summed E-state index contributed by atoms with van der Waals surface area (Å²) in [5.74, 6) is 1.18. The Balaban J connectivity index is 1.38. The van der Waals surface area contributed by atoms with Crippen molar-refractivity contribution in [3.05, 3.63) is 64.7 Å². The average molecular weight is 477 g/mol. The molecule has 190 valence electrons. The molecule has 2 aromatic carbocycles. The Morgan fingerprint density at radius 2 is 1.63 bits per heavy atom. The molecule has 3 rings (SSSR count). The normalized spacial score (nSPS) is 14.3.